The zero-order valence-corrected chi connectivity index (χ0v) is 16.7. The fourth-order valence-electron chi connectivity index (χ4n) is 2.93. The summed E-state index contributed by atoms with van der Waals surface area (Å²) in [5.74, 6) is 1.50. The fourth-order valence-corrected chi connectivity index (χ4v) is 2.93. The van der Waals surface area contributed by atoms with Crippen molar-refractivity contribution in [2.75, 3.05) is 19.6 Å². The molecule has 1 aliphatic rings. The molecule has 1 saturated heterocycles. The van der Waals surface area contributed by atoms with Crippen molar-refractivity contribution in [2.45, 2.75) is 26.2 Å². The maximum atomic E-state index is 12.9. The Morgan fingerprint density at radius 2 is 2.16 bits per heavy atom. The van der Waals surface area contributed by atoms with Crippen molar-refractivity contribution in [3.63, 3.8) is 0 Å². The molecular formula is C18H24FIN4O. The van der Waals surface area contributed by atoms with Gasteiger partial charge >= 0.3 is 0 Å². The van der Waals surface area contributed by atoms with Crippen LogP contribution in [0.2, 0.25) is 0 Å². The van der Waals surface area contributed by atoms with Gasteiger partial charge in [0.1, 0.15) is 12.1 Å². The highest BCUT2D eigenvalue weighted by atomic mass is 127. The minimum absolute atomic E-state index is 0. The molecule has 2 aromatic rings. The lowest BCUT2D eigenvalue weighted by molar-refractivity contribution is 0.270. The molecule has 1 aromatic carbocycles. The van der Waals surface area contributed by atoms with Gasteiger partial charge < -0.3 is 15.1 Å². The lowest BCUT2D eigenvalue weighted by atomic mass is 10.0. The van der Waals surface area contributed by atoms with Crippen molar-refractivity contribution in [1.29, 1.82) is 0 Å². The standard InChI is InChI=1S/C18H23FN4O.HI/c1-13-3-2-10-23(11-13)18(20)21-9-8-16-12-24-17(22-16)14-4-6-15(19)7-5-14;/h4-7,12-13H,2-3,8-11H2,1H3,(H2,20,21);1H. The molecule has 1 aromatic heterocycles. The molecule has 0 aliphatic carbocycles. The van der Waals surface area contributed by atoms with Crippen LogP contribution < -0.4 is 5.73 Å². The van der Waals surface area contributed by atoms with Gasteiger partial charge in [-0.15, -0.1) is 24.0 Å². The first-order chi connectivity index (χ1) is 11.6. The number of halogens is 2. The highest BCUT2D eigenvalue weighted by Crippen LogP contribution is 2.19. The Labute approximate surface area is 164 Å². The van der Waals surface area contributed by atoms with Gasteiger partial charge in [-0.3, -0.25) is 4.99 Å². The van der Waals surface area contributed by atoms with E-state index in [4.69, 9.17) is 10.2 Å². The van der Waals surface area contributed by atoms with Gasteiger partial charge in [0.15, 0.2) is 5.96 Å². The van der Waals surface area contributed by atoms with Crippen LogP contribution >= 0.6 is 24.0 Å². The van der Waals surface area contributed by atoms with Crippen LogP contribution in [0.3, 0.4) is 0 Å². The van der Waals surface area contributed by atoms with E-state index in [0.29, 0.717) is 30.7 Å². The number of nitrogens with zero attached hydrogens (tertiary/aromatic N) is 3. The molecule has 136 valence electrons. The van der Waals surface area contributed by atoms with E-state index < -0.39 is 0 Å². The summed E-state index contributed by atoms with van der Waals surface area (Å²) in [7, 11) is 0. The zero-order valence-electron chi connectivity index (χ0n) is 14.3. The van der Waals surface area contributed by atoms with Crippen LogP contribution in [0.25, 0.3) is 11.5 Å². The van der Waals surface area contributed by atoms with Gasteiger partial charge in [-0.2, -0.15) is 0 Å². The Balaban J connectivity index is 0.00000225. The summed E-state index contributed by atoms with van der Waals surface area (Å²) < 4.78 is 18.4. The van der Waals surface area contributed by atoms with E-state index in [0.717, 1.165) is 24.3 Å². The summed E-state index contributed by atoms with van der Waals surface area (Å²) in [5, 5.41) is 0. The highest BCUT2D eigenvalue weighted by molar-refractivity contribution is 14.0. The Kier molecular flexibility index (Phi) is 7.22. The van der Waals surface area contributed by atoms with Crippen LogP contribution in [-0.2, 0) is 6.42 Å². The molecule has 0 bridgehead atoms. The average Bonchev–Trinajstić information content (AvgIpc) is 3.04. The molecule has 2 heterocycles. The van der Waals surface area contributed by atoms with Crippen LogP contribution in [0.5, 0.6) is 0 Å². The number of oxazole rings is 1. The van der Waals surface area contributed by atoms with Crippen molar-refractivity contribution >= 4 is 29.9 Å². The molecule has 0 radical (unpaired) electrons. The van der Waals surface area contributed by atoms with Crippen molar-refractivity contribution in [3.05, 3.63) is 42.0 Å². The number of hydrogen-bond acceptors (Lipinski definition) is 3. The number of piperidine rings is 1. The number of aromatic nitrogens is 1. The van der Waals surface area contributed by atoms with Gasteiger partial charge in [0.25, 0.3) is 0 Å². The second kappa shape index (κ2) is 9.17. The maximum Gasteiger partial charge on any atom is 0.226 e. The maximum absolute atomic E-state index is 12.9. The predicted molar refractivity (Wildman–Crippen MR) is 107 cm³/mol. The topological polar surface area (TPSA) is 67.7 Å². The minimum Gasteiger partial charge on any atom is -0.444 e. The molecule has 1 aliphatic heterocycles. The van der Waals surface area contributed by atoms with Crippen LogP contribution in [0.4, 0.5) is 4.39 Å². The van der Waals surface area contributed by atoms with Crippen molar-refractivity contribution in [2.24, 2.45) is 16.6 Å². The first-order valence-corrected chi connectivity index (χ1v) is 8.37. The Hall–Kier alpha value is -1.64. The molecule has 1 atom stereocenters. The summed E-state index contributed by atoms with van der Waals surface area (Å²) in [6, 6.07) is 6.09. The third-order valence-electron chi connectivity index (χ3n) is 4.27. The third kappa shape index (κ3) is 5.42. The van der Waals surface area contributed by atoms with Crippen molar-refractivity contribution in [1.82, 2.24) is 9.88 Å². The third-order valence-corrected chi connectivity index (χ3v) is 4.27. The number of benzene rings is 1. The van der Waals surface area contributed by atoms with Crippen LogP contribution in [0.15, 0.2) is 39.9 Å². The molecule has 0 spiro atoms. The van der Waals surface area contributed by atoms with Crippen molar-refractivity contribution < 1.29 is 8.81 Å². The van der Waals surface area contributed by atoms with E-state index in [1.54, 1.807) is 18.4 Å². The smallest absolute Gasteiger partial charge is 0.226 e. The molecule has 25 heavy (non-hydrogen) atoms. The monoisotopic (exact) mass is 458 g/mol. The molecule has 2 N–H and O–H groups in total. The second-order valence-electron chi connectivity index (χ2n) is 6.33. The molecule has 5 nitrogen and oxygen atoms in total. The van der Waals surface area contributed by atoms with Gasteiger partial charge in [-0.05, 0) is 43.0 Å². The summed E-state index contributed by atoms with van der Waals surface area (Å²) in [5.41, 5.74) is 7.66. The van der Waals surface area contributed by atoms with Gasteiger partial charge in [0.05, 0.1) is 5.69 Å². The molecular weight excluding hydrogens is 434 g/mol. The molecule has 0 saturated carbocycles. The van der Waals surface area contributed by atoms with Crippen LogP contribution in [0.1, 0.15) is 25.5 Å². The first-order valence-electron chi connectivity index (χ1n) is 8.37. The predicted octanol–water partition coefficient (Wildman–Crippen LogP) is 3.69. The van der Waals surface area contributed by atoms with Gasteiger partial charge in [0, 0.05) is 31.6 Å². The molecule has 0 amide bonds. The zero-order chi connectivity index (χ0) is 16.9. The number of rotatable bonds is 4. The number of nitrogens with two attached hydrogens (primary N) is 1. The largest absolute Gasteiger partial charge is 0.444 e. The van der Waals surface area contributed by atoms with Gasteiger partial charge in [-0.1, -0.05) is 6.92 Å². The number of guanidine groups is 1. The summed E-state index contributed by atoms with van der Waals surface area (Å²) in [6.07, 6.45) is 4.71. The Morgan fingerprint density at radius 1 is 1.40 bits per heavy atom. The van der Waals surface area contributed by atoms with E-state index in [-0.39, 0.29) is 29.8 Å². The lowest BCUT2D eigenvalue weighted by Crippen LogP contribution is -2.43. The fraction of sp³-hybridized carbons (Fsp3) is 0.444. The van der Waals surface area contributed by atoms with Gasteiger partial charge in [0.2, 0.25) is 5.89 Å². The summed E-state index contributed by atoms with van der Waals surface area (Å²) >= 11 is 0. The van der Waals surface area contributed by atoms with Crippen LogP contribution in [-0.4, -0.2) is 35.5 Å². The normalized spacial score (nSPS) is 18.1. The highest BCUT2D eigenvalue weighted by Gasteiger charge is 2.17. The van der Waals surface area contributed by atoms with Crippen molar-refractivity contribution in [3.8, 4) is 11.5 Å². The van der Waals surface area contributed by atoms with E-state index in [1.807, 2.05) is 0 Å². The number of likely N-dealkylation sites (tertiary alicyclic amines) is 1. The average molecular weight is 458 g/mol. The number of aliphatic imine (C=N–C) groups is 1. The van der Waals surface area contributed by atoms with E-state index >= 15 is 0 Å². The van der Waals surface area contributed by atoms with E-state index in [9.17, 15) is 4.39 Å². The summed E-state index contributed by atoms with van der Waals surface area (Å²) in [6.45, 7) is 4.78. The molecule has 1 fully saturated rings. The minimum atomic E-state index is -0.276. The van der Waals surface area contributed by atoms with E-state index in [2.05, 4.69) is 21.8 Å². The number of hydrogen-bond donors (Lipinski definition) is 1. The SMILES string of the molecule is CC1CCCN(C(N)=NCCc2coc(-c3ccc(F)cc3)n2)C1.I. The quantitative estimate of drug-likeness (QED) is 0.431. The first kappa shape index (κ1) is 19.7. The molecule has 3 rings (SSSR count). The van der Waals surface area contributed by atoms with Crippen LogP contribution in [0, 0.1) is 11.7 Å². The molecule has 7 heteroatoms. The molecule has 1 unspecified atom stereocenters. The second-order valence-corrected chi connectivity index (χ2v) is 6.33. The van der Waals surface area contributed by atoms with E-state index in [1.165, 1.54) is 25.0 Å². The Morgan fingerprint density at radius 3 is 2.88 bits per heavy atom. The lowest BCUT2D eigenvalue weighted by Gasteiger charge is -2.31. The Bertz CT molecular complexity index is 701. The summed E-state index contributed by atoms with van der Waals surface area (Å²) in [4.78, 5) is 11.0. The van der Waals surface area contributed by atoms with Gasteiger partial charge in [-0.25, -0.2) is 9.37 Å².